The molecule has 0 saturated heterocycles. The van der Waals surface area contributed by atoms with Crippen LogP contribution in [0.2, 0.25) is 0 Å². The third-order valence-corrected chi connectivity index (χ3v) is 3.81. The van der Waals surface area contributed by atoms with E-state index in [4.69, 9.17) is 4.74 Å². The second-order valence-corrected chi connectivity index (χ2v) is 5.40. The van der Waals surface area contributed by atoms with Crippen LogP contribution in [0.15, 0.2) is 24.3 Å². The van der Waals surface area contributed by atoms with E-state index in [2.05, 4.69) is 5.32 Å². The van der Waals surface area contributed by atoms with Crippen molar-refractivity contribution in [3.05, 3.63) is 35.4 Å². The highest BCUT2D eigenvalue weighted by Gasteiger charge is 2.61. The highest BCUT2D eigenvalue weighted by molar-refractivity contribution is 5.85. The zero-order valence-corrected chi connectivity index (χ0v) is 11.9. The smallest absolute Gasteiger partial charge is 0.352 e. The zero-order chi connectivity index (χ0) is 15.5. The Balaban J connectivity index is 1.96. The van der Waals surface area contributed by atoms with Crippen LogP contribution in [0.3, 0.4) is 0 Å². The standard InChI is InChI=1S/C15H19F2NO3/c1-21-10-12-5-2-4-11(8-12)9-18-13(19)15(16,17)14(20)6-3-7-14/h2,4-5,8,20H,3,6-7,9-10H2,1H3,(H,18,19). The minimum absolute atomic E-state index is 0.0118. The largest absolute Gasteiger partial charge is 0.383 e. The quantitative estimate of drug-likeness (QED) is 0.844. The number of ether oxygens (including phenoxy) is 1. The van der Waals surface area contributed by atoms with Gasteiger partial charge in [-0.3, -0.25) is 4.79 Å². The molecule has 1 fully saturated rings. The van der Waals surface area contributed by atoms with Gasteiger partial charge >= 0.3 is 5.92 Å². The molecule has 0 bridgehead atoms. The number of methoxy groups -OCH3 is 1. The summed E-state index contributed by atoms with van der Waals surface area (Å²) in [4.78, 5) is 11.6. The average Bonchev–Trinajstić information content (AvgIpc) is 2.42. The van der Waals surface area contributed by atoms with Crippen LogP contribution in [0.1, 0.15) is 30.4 Å². The van der Waals surface area contributed by atoms with Gasteiger partial charge in [-0.15, -0.1) is 0 Å². The van der Waals surface area contributed by atoms with Gasteiger partial charge in [0.2, 0.25) is 0 Å². The Morgan fingerprint density at radius 1 is 1.43 bits per heavy atom. The van der Waals surface area contributed by atoms with Crippen molar-refractivity contribution >= 4 is 5.91 Å². The maximum absolute atomic E-state index is 13.9. The summed E-state index contributed by atoms with van der Waals surface area (Å²) < 4.78 is 32.7. The van der Waals surface area contributed by atoms with Crippen molar-refractivity contribution in [1.29, 1.82) is 0 Å². The monoisotopic (exact) mass is 299 g/mol. The summed E-state index contributed by atoms with van der Waals surface area (Å²) >= 11 is 0. The maximum Gasteiger partial charge on any atom is 0.352 e. The number of rotatable bonds is 6. The lowest BCUT2D eigenvalue weighted by Gasteiger charge is -2.41. The van der Waals surface area contributed by atoms with Gasteiger partial charge in [0.1, 0.15) is 5.60 Å². The highest BCUT2D eigenvalue weighted by atomic mass is 19.3. The summed E-state index contributed by atoms with van der Waals surface area (Å²) in [5.41, 5.74) is -0.586. The predicted octanol–water partition coefficient (Wildman–Crippen LogP) is 2.00. The fourth-order valence-corrected chi connectivity index (χ4v) is 2.33. The van der Waals surface area contributed by atoms with Crippen LogP contribution in [-0.4, -0.2) is 29.6 Å². The molecule has 0 atom stereocenters. The average molecular weight is 299 g/mol. The van der Waals surface area contributed by atoms with Crippen molar-refractivity contribution < 1.29 is 23.4 Å². The molecule has 2 rings (SSSR count). The third kappa shape index (κ3) is 3.22. The summed E-state index contributed by atoms with van der Waals surface area (Å²) in [5, 5.41) is 11.9. The molecule has 6 heteroatoms. The summed E-state index contributed by atoms with van der Waals surface area (Å²) in [6.45, 7) is 0.403. The Bertz CT molecular complexity index is 515. The van der Waals surface area contributed by atoms with Crippen LogP contribution in [0.25, 0.3) is 0 Å². The van der Waals surface area contributed by atoms with Crippen molar-refractivity contribution in [3.63, 3.8) is 0 Å². The summed E-state index contributed by atoms with van der Waals surface area (Å²) in [6.07, 6.45) is 0.423. The maximum atomic E-state index is 13.9. The van der Waals surface area contributed by atoms with E-state index in [-0.39, 0.29) is 19.4 Å². The number of nitrogens with one attached hydrogen (secondary N) is 1. The van der Waals surface area contributed by atoms with E-state index in [9.17, 15) is 18.7 Å². The van der Waals surface area contributed by atoms with E-state index in [1.165, 1.54) is 0 Å². The van der Waals surface area contributed by atoms with E-state index in [1.54, 1.807) is 25.3 Å². The van der Waals surface area contributed by atoms with Gasteiger partial charge in [0.05, 0.1) is 6.61 Å². The number of hydrogen-bond donors (Lipinski definition) is 2. The number of alkyl halides is 2. The molecule has 1 amide bonds. The predicted molar refractivity (Wildman–Crippen MR) is 72.7 cm³/mol. The van der Waals surface area contributed by atoms with Gasteiger partial charge in [0.15, 0.2) is 0 Å². The second-order valence-electron chi connectivity index (χ2n) is 5.40. The highest BCUT2D eigenvalue weighted by Crippen LogP contribution is 2.44. The Labute approximate surface area is 122 Å². The number of aliphatic hydroxyl groups is 1. The molecule has 1 aromatic rings. The second kappa shape index (κ2) is 6.07. The summed E-state index contributed by atoms with van der Waals surface area (Å²) in [7, 11) is 1.56. The molecule has 21 heavy (non-hydrogen) atoms. The lowest BCUT2D eigenvalue weighted by molar-refractivity contribution is -0.216. The topological polar surface area (TPSA) is 58.6 Å². The lowest BCUT2D eigenvalue weighted by Crippen LogP contribution is -2.60. The van der Waals surface area contributed by atoms with Crippen LogP contribution in [-0.2, 0) is 22.7 Å². The van der Waals surface area contributed by atoms with Gasteiger partial charge in [0.25, 0.3) is 5.91 Å². The minimum Gasteiger partial charge on any atom is -0.383 e. The number of carbonyl (C=O) groups excluding carboxylic acids is 1. The molecule has 0 aliphatic heterocycles. The van der Waals surface area contributed by atoms with Crippen LogP contribution in [0.5, 0.6) is 0 Å². The number of benzene rings is 1. The van der Waals surface area contributed by atoms with E-state index in [0.717, 1.165) is 5.56 Å². The van der Waals surface area contributed by atoms with Crippen molar-refractivity contribution in [2.24, 2.45) is 0 Å². The molecular formula is C15H19F2NO3. The fraction of sp³-hybridized carbons (Fsp3) is 0.533. The van der Waals surface area contributed by atoms with Crippen molar-refractivity contribution in [2.45, 2.75) is 43.9 Å². The van der Waals surface area contributed by atoms with Crippen molar-refractivity contribution in [2.75, 3.05) is 7.11 Å². The van der Waals surface area contributed by atoms with Gasteiger partial charge in [0, 0.05) is 13.7 Å². The summed E-state index contributed by atoms with van der Waals surface area (Å²) in [5.74, 6) is -5.18. The molecule has 4 nitrogen and oxygen atoms in total. The van der Waals surface area contributed by atoms with Gasteiger partial charge in [-0.05, 0) is 30.4 Å². The van der Waals surface area contributed by atoms with Gasteiger partial charge in [-0.1, -0.05) is 24.3 Å². The molecule has 0 radical (unpaired) electrons. The molecule has 1 aliphatic carbocycles. The molecule has 1 aliphatic rings. The molecule has 0 spiro atoms. The number of amides is 1. The SMILES string of the molecule is COCc1cccc(CNC(=O)C(F)(F)C2(O)CCC2)c1. The first-order valence-corrected chi connectivity index (χ1v) is 6.84. The Kier molecular flexibility index (Phi) is 4.58. The van der Waals surface area contributed by atoms with Crippen molar-refractivity contribution in [3.8, 4) is 0 Å². The Morgan fingerprint density at radius 2 is 2.10 bits per heavy atom. The fourth-order valence-electron chi connectivity index (χ4n) is 2.33. The van der Waals surface area contributed by atoms with Gasteiger partial charge in [-0.2, -0.15) is 8.78 Å². The first kappa shape index (κ1) is 15.9. The van der Waals surface area contributed by atoms with E-state index in [0.29, 0.717) is 18.6 Å². The Morgan fingerprint density at radius 3 is 2.67 bits per heavy atom. The van der Waals surface area contributed by atoms with Crippen molar-refractivity contribution in [1.82, 2.24) is 5.32 Å². The minimum atomic E-state index is -3.75. The molecule has 0 heterocycles. The first-order chi connectivity index (χ1) is 9.89. The third-order valence-electron chi connectivity index (χ3n) is 3.81. The summed E-state index contributed by atoms with van der Waals surface area (Å²) in [6, 6.07) is 7.13. The molecule has 0 unspecified atom stereocenters. The van der Waals surface area contributed by atoms with E-state index < -0.39 is 17.4 Å². The molecule has 2 N–H and O–H groups in total. The number of carbonyl (C=O) groups is 1. The molecular weight excluding hydrogens is 280 g/mol. The van der Waals surface area contributed by atoms with Crippen LogP contribution < -0.4 is 5.32 Å². The normalized spacial score (nSPS) is 17.1. The molecule has 1 aromatic carbocycles. The Hall–Kier alpha value is -1.53. The number of halogens is 2. The van der Waals surface area contributed by atoms with Crippen LogP contribution >= 0.6 is 0 Å². The molecule has 1 saturated carbocycles. The van der Waals surface area contributed by atoms with Crippen LogP contribution in [0, 0.1) is 0 Å². The molecule has 0 aromatic heterocycles. The van der Waals surface area contributed by atoms with Gasteiger partial charge < -0.3 is 15.2 Å². The molecule has 116 valence electrons. The number of hydrogen-bond acceptors (Lipinski definition) is 3. The zero-order valence-electron chi connectivity index (χ0n) is 11.9. The first-order valence-electron chi connectivity index (χ1n) is 6.84. The van der Waals surface area contributed by atoms with E-state index in [1.807, 2.05) is 6.07 Å². The van der Waals surface area contributed by atoms with E-state index >= 15 is 0 Å². The van der Waals surface area contributed by atoms with Crippen LogP contribution in [0.4, 0.5) is 8.78 Å². The van der Waals surface area contributed by atoms with Gasteiger partial charge in [-0.25, -0.2) is 0 Å². The lowest BCUT2D eigenvalue weighted by atomic mass is 9.75.